The van der Waals surface area contributed by atoms with Gasteiger partial charge in [0.25, 0.3) is 0 Å². The molecule has 1 aromatic rings. The van der Waals surface area contributed by atoms with E-state index in [2.05, 4.69) is 50.1 Å². The Morgan fingerprint density at radius 1 is 1.24 bits per heavy atom. The molecule has 1 aliphatic rings. The molecule has 0 amide bonds. The van der Waals surface area contributed by atoms with Crippen LogP contribution in [-0.2, 0) is 9.31 Å². The van der Waals surface area contributed by atoms with Crippen molar-refractivity contribution in [3.63, 3.8) is 0 Å². The Labute approximate surface area is 128 Å². The van der Waals surface area contributed by atoms with Gasteiger partial charge in [0.15, 0.2) is 0 Å². The monoisotopic (exact) mass is 288 g/mol. The summed E-state index contributed by atoms with van der Waals surface area (Å²) >= 11 is 0. The van der Waals surface area contributed by atoms with Gasteiger partial charge in [0, 0.05) is 18.4 Å². The molecule has 1 N–H and O–H groups in total. The van der Waals surface area contributed by atoms with Crippen LogP contribution in [0.3, 0.4) is 0 Å². The highest BCUT2D eigenvalue weighted by atomic mass is 16.7. The molecule has 2 rings (SSSR count). The standard InChI is InChI=1S/C16H25BN2O2/c1-12-7-8-13(10-19-12)9-14(11-18-6)17-20-15(2,3)16(4,5)21-17/h7-10,18H,11H2,1-6H3. The lowest BCUT2D eigenvalue weighted by molar-refractivity contribution is 0.00578. The number of nitrogens with zero attached hydrogens (tertiary/aromatic N) is 1. The molecule has 114 valence electrons. The number of hydrogen-bond acceptors (Lipinski definition) is 4. The predicted octanol–water partition coefficient (Wildman–Crippen LogP) is 2.62. The van der Waals surface area contributed by atoms with Crippen LogP contribution in [-0.4, -0.2) is 36.9 Å². The van der Waals surface area contributed by atoms with E-state index in [4.69, 9.17) is 9.31 Å². The molecule has 1 saturated heterocycles. The molecule has 0 unspecified atom stereocenters. The minimum atomic E-state index is -0.330. The molecule has 1 aliphatic heterocycles. The Kier molecular flexibility index (Phi) is 4.56. The van der Waals surface area contributed by atoms with Gasteiger partial charge in [-0.1, -0.05) is 12.1 Å². The molecule has 0 bridgehead atoms. The van der Waals surface area contributed by atoms with Crippen molar-refractivity contribution >= 4 is 13.2 Å². The maximum atomic E-state index is 6.12. The zero-order chi connectivity index (χ0) is 15.7. The van der Waals surface area contributed by atoms with Crippen LogP contribution in [0.4, 0.5) is 0 Å². The van der Waals surface area contributed by atoms with Crippen LogP contribution in [0.15, 0.2) is 23.8 Å². The molecular formula is C16H25BN2O2. The van der Waals surface area contributed by atoms with Crippen molar-refractivity contribution in [2.24, 2.45) is 0 Å². The highest BCUT2D eigenvalue weighted by molar-refractivity contribution is 6.55. The lowest BCUT2D eigenvalue weighted by Gasteiger charge is -2.32. The van der Waals surface area contributed by atoms with Crippen molar-refractivity contribution in [2.75, 3.05) is 13.6 Å². The molecule has 0 saturated carbocycles. The predicted molar refractivity (Wildman–Crippen MR) is 87.0 cm³/mol. The minimum Gasteiger partial charge on any atom is -0.400 e. The summed E-state index contributed by atoms with van der Waals surface area (Å²) in [5.74, 6) is 0. The molecule has 0 atom stereocenters. The molecule has 4 nitrogen and oxygen atoms in total. The third kappa shape index (κ3) is 3.54. The third-order valence-corrected chi connectivity index (χ3v) is 4.22. The van der Waals surface area contributed by atoms with Crippen LogP contribution < -0.4 is 5.32 Å². The van der Waals surface area contributed by atoms with Gasteiger partial charge < -0.3 is 14.6 Å². The lowest BCUT2D eigenvalue weighted by atomic mass is 9.77. The lowest BCUT2D eigenvalue weighted by Crippen LogP contribution is -2.41. The maximum Gasteiger partial charge on any atom is 0.491 e. The van der Waals surface area contributed by atoms with E-state index in [-0.39, 0.29) is 18.3 Å². The Morgan fingerprint density at radius 2 is 1.86 bits per heavy atom. The highest BCUT2D eigenvalue weighted by Crippen LogP contribution is 2.38. The van der Waals surface area contributed by atoms with Gasteiger partial charge in [0.05, 0.1) is 11.2 Å². The van der Waals surface area contributed by atoms with E-state index in [0.29, 0.717) is 6.54 Å². The van der Waals surface area contributed by atoms with Gasteiger partial charge in [-0.2, -0.15) is 0 Å². The van der Waals surface area contributed by atoms with E-state index in [1.807, 2.05) is 26.2 Å². The topological polar surface area (TPSA) is 43.4 Å². The zero-order valence-electron chi connectivity index (χ0n) is 13.9. The van der Waals surface area contributed by atoms with E-state index in [1.165, 1.54) is 0 Å². The van der Waals surface area contributed by atoms with E-state index in [0.717, 1.165) is 16.7 Å². The van der Waals surface area contributed by atoms with E-state index >= 15 is 0 Å². The Morgan fingerprint density at radius 3 is 2.33 bits per heavy atom. The summed E-state index contributed by atoms with van der Waals surface area (Å²) < 4.78 is 12.2. The number of pyridine rings is 1. The van der Waals surface area contributed by atoms with Crippen molar-refractivity contribution in [2.45, 2.75) is 45.8 Å². The third-order valence-electron chi connectivity index (χ3n) is 4.22. The van der Waals surface area contributed by atoms with Gasteiger partial charge in [0.1, 0.15) is 0 Å². The van der Waals surface area contributed by atoms with Crippen LogP contribution in [0.5, 0.6) is 0 Å². The fraction of sp³-hybridized carbons (Fsp3) is 0.562. The summed E-state index contributed by atoms with van der Waals surface area (Å²) in [5, 5.41) is 3.18. The fourth-order valence-corrected chi connectivity index (χ4v) is 2.18. The molecule has 0 aliphatic carbocycles. The minimum absolute atomic E-state index is 0.323. The van der Waals surface area contributed by atoms with Crippen LogP contribution in [0.2, 0.25) is 0 Å². The normalized spacial score (nSPS) is 20.9. The largest absolute Gasteiger partial charge is 0.491 e. The molecule has 21 heavy (non-hydrogen) atoms. The van der Waals surface area contributed by atoms with Gasteiger partial charge in [-0.25, -0.2) is 0 Å². The average molecular weight is 288 g/mol. The molecule has 5 heteroatoms. The average Bonchev–Trinajstić information content (AvgIpc) is 2.60. The fourth-order valence-electron chi connectivity index (χ4n) is 2.18. The van der Waals surface area contributed by atoms with Crippen molar-refractivity contribution in [3.05, 3.63) is 35.1 Å². The second-order valence-electron chi connectivity index (χ2n) is 6.57. The second kappa shape index (κ2) is 5.91. The van der Waals surface area contributed by atoms with Gasteiger partial charge >= 0.3 is 7.12 Å². The van der Waals surface area contributed by atoms with Gasteiger partial charge in [0.2, 0.25) is 0 Å². The molecule has 0 spiro atoms. The summed E-state index contributed by atoms with van der Waals surface area (Å²) in [7, 11) is 1.59. The van der Waals surface area contributed by atoms with Crippen LogP contribution in [0, 0.1) is 6.92 Å². The number of hydrogen-bond donors (Lipinski definition) is 1. The smallest absolute Gasteiger partial charge is 0.400 e. The number of rotatable bonds is 4. The Balaban J connectivity index is 2.26. The zero-order valence-corrected chi connectivity index (χ0v) is 13.9. The van der Waals surface area contributed by atoms with E-state index in [1.54, 1.807) is 0 Å². The number of aromatic nitrogens is 1. The first-order chi connectivity index (χ1) is 9.75. The van der Waals surface area contributed by atoms with Gasteiger partial charge in [-0.15, -0.1) is 0 Å². The summed E-state index contributed by atoms with van der Waals surface area (Å²) in [6.07, 6.45) is 3.96. The Hall–Kier alpha value is -1.17. The second-order valence-corrected chi connectivity index (χ2v) is 6.57. The summed E-state index contributed by atoms with van der Waals surface area (Å²) in [5.41, 5.74) is 2.49. The number of nitrogens with one attached hydrogen (secondary N) is 1. The summed E-state index contributed by atoms with van der Waals surface area (Å²) in [4.78, 5) is 4.33. The first kappa shape index (κ1) is 16.2. The van der Waals surface area contributed by atoms with E-state index < -0.39 is 0 Å². The molecule has 0 aromatic carbocycles. The SMILES string of the molecule is CNCC(=Cc1ccc(C)nc1)B1OC(C)(C)C(C)(C)O1. The van der Waals surface area contributed by atoms with Crippen LogP contribution >= 0.6 is 0 Å². The van der Waals surface area contributed by atoms with Crippen molar-refractivity contribution in [3.8, 4) is 0 Å². The maximum absolute atomic E-state index is 6.12. The Bertz CT molecular complexity index is 508. The quantitative estimate of drug-likeness (QED) is 0.865. The van der Waals surface area contributed by atoms with Crippen molar-refractivity contribution in [1.82, 2.24) is 10.3 Å². The number of likely N-dealkylation sites (N-methyl/N-ethyl adjacent to an activating group) is 1. The molecule has 1 fully saturated rings. The summed E-state index contributed by atoms with van der Waals surface area (Å²) in [6, 6.07) is 4.07. The van der Waals surface area contributed by atoms with Crippen molar-refractivity contribution < 1.29 is 9.31 Å². The molecule has 2 heterocycles. The van der Waals surface area contributed by atoms with Gasteiger partial charge in [-0.05, 0) is 58.8 Å². The van der Waals surface area contributed by atoms with Gasteiger partial charge in [-0.3, -0.25) is 4.98 Å². The van der Waals surface area contributed by atoms with Crippen molar-refractivity contribution in [1.29, 1.82) is 0 Å². The van der Waals surface area contributed by atoms with E-state index in [9.17, 15) is 0 Å². The summed E-state index contributed by atoms with van der Waals surface area (Å²) in [6.45, 7) is 11.0. The van der Waals surface area contributed by atoms with Crippen LogP contribution in [0.1, 0.15) is 39.0 Å². The van der Waals surface area contributed by atoms with Crippen LogP contribution in [0.25, 0.3) is 6.08 Å². The highest BCUT2D eigenvalue weighted by Gasteiger charge is 2.52. The first-order valence-electron chi connectivity index (χ1n) is 7.38. The molecule has 1 aromatic heterocycles. The first-order valence-corrected chi connectivity index (χ1v) is 7.38. The number of aryl methyl sites for hydroxylation is 1. The molecular weight excluding hydrogens is 263 g/mol. The molecule has 0 radical (unpaired) electrons.